The standard InChI is InChI=1S/C23H18ClN3O4S2/c1-30-22(29)20-16(15-9-5-6-10-17(15)24)12-32-21(20)25-18(28)13-33-23-27-26-19(31-23)11-14-7-3-2-4-8-14/h2-10,12H,11,13H2,1H3,(H,25,28). The molecule has 2 aromatic heterocycles. The minimum Gasteiger partial charge on any atom is -0.465 e. The Labute approximate surface area is 203 Å². The molecule has 0 bridgehead atoms. The summed E-state index contributed by atoms with van der Waals surface area (Å²) in [4.78, 5) is 25.0. The van der Waals surface area contributed by atoms with Gasteiger partial charge in [0.15, 0.2) is 0 Å². The molecule has 0 saturated carbocycles. The van der Waals surface area contributed by atoms with Gasteiger partial charge < -0.3 is 14.5 Å². The number of ether oxygens (including phenoxy) is 1. The van der Waals surface area contributed by atoms with E-state index in [2.05, 4.69) is 15.5 Å². The van der Waals surface area contributed by atoms with Crippen LogP contribution in [0.2, 0.25) is 5.02 Å². The van der Waals surface area contributed by atoms with E-state index in [1.54, 1.807) is 23.6 Å². The second-order valence-electron chi connectivity index (χ2n) is 6.79. The van der Waals surface area contributed by atoms with E-state index < -0.39 is 5.97 Å². The molecule has 0 unspecified atom stereocenters. The Kier molecular flexibility index (Phi) is 7.43. The van der Waals surface area contributed by atoms with Gasteiger partial charge in [0.25, 0.3) is 5.22 Å². The Bertz CT molecular complexity index is 1270. The van der Waals surface area contributed by atoms with Crippen molar-refractivity contribution in [1.29, 1.82) is 0 Å². The average Bonchev–Trinajstić information content (AvgIpc) is 3.45. The third-order valence-electron chi connectivity index (χ3n) is 4.57. The van der Waals surface area contributed by atoms with Gasteiger partial charge in [-0.2, -0.15) is 0 Å². The van der Waals surface area contributed by atoms with Crippen molar-refractivity contribution in [3.05, 3.63) is 82.0 Å². The third kappa shape index (κ3) is 5.62. The number of nitrogens with zero attached hydrogens (tertiary/aromatic N) is 2. The Balaban J connectivity index is 1.43. The summed E-state index contributed by atoms with van der Waals surface area (Å²) >= 11 is 8.65. The number of hydrogen-bond donors (Lipinski definition) is 1. The summed E-state index contributed by atoms with van der Waals surface area (Å²) in [5.41, 5.74) is 2.60. The number of esters is 1. The first-order chi connectivity index (χ1) is 16.0. The van der Waals surface area contributed by atoms with Crippen LogP contribution in [0, 0.1) is 0 Å². The predicted molar refractivity (Wildman–Crippen MR) is 129 cm³/mol. The molecule has 4 rings (SSSR count). The molecule has 0 aliphatic carbocycles. The van der Waals surface area contributed by atoms with Gasteiger partial charge >= 0.3 is 5.97 Å². The number of rotatable bonds is 8. The van der Waals surface area contributed by atoms with E-state index in [9.17, 15) is 9.59 Å². The number of aromatic nitrogens is 2. The van der Waals surface area contributed by atoms with Gasteiger partial charge in [0.1, 0.15) is 10.6 Å². The molecule has 0 radical (unpaired) electrons. The molecule has 2 heterocycles. The van der Waals surface area contributed by atoms with Crippen LogP contribution in [0.1, 0.15) is 21.8 Å². The fraction of sp³-hybridized carbons (Fsp3) is 0.130. The number of carbonyl (C=O) groups is 2. The van der Waals surface area contributed by atoms with Crippen LogP contribution in [0.25, 0.3) is 11.1 Å². The van der Waals surface area contributed by atoms with E-state index in [1.807, 2.05) is 36.4 Å². The van der Waals surface area contributed by atoms with E-state index in [1.165, 1.54) is 18.4 Å². The Morgan fingerprint density at radius 3 is 2.61 bits per heavy atom. The van der Waals surface area contributed by atoms with Crippen molar-refractivity contribution in [3.8, 4) is 11.1 Å². The first-order valence-electron chi connectivity index (χ1n) is 9.79. The Morgan fingerprint density at radius 2 is 1.85 bits per heavy atom. The largest absolute Gasteiger partial charge is 0.465 e. The lowest BCUT2D eigenvalue weighted by atomic mass is 10.0. The zero-order valence-electron chi connectivity index (χ0n) is 17.4. The van der Waals surface area contributed by atoms with Crippen molar-refractivity contribution >= 4 is 51.6 Å². The number of benzene rings is 2. The molecular weight excluding hydrogens is 482 g/mol. The summed E-state index contributed by atoms with van der Waals surface area (Å²) < 4.78 is 10.6. The number of hydrogen-bond acceptors (Lipinski definition) is 8. The monoisotopic (exact) mass is 499 g/mol. The lowest BCUT2D eigenvalue weighted by Gasteiger charge is -2.08. The minimum atomic E-state index is -0.559. The van der Waals surface area contributed by atoms with Crippen LogP contribution in [0.5, 0.6) is 0 Å². The number of nitrogens with one attached hydrogen (secondary N) is 1. The van der Waals surface area contributed by atoms with E-state index in [0.29, 0.717) is 38.7 Å². The molecule has 2 aromatic carbocycles. The summed E-state index contributed by atoms with van der Waals surface area (Å²) in [5.74, 6) is -0.371. The lowest BCUT2D eigenvalue weighted by Crippen LogP contribution is -2.16. The predicted octanol–water partition coefficient (Wildman–Crippen LogP) is 5.56. The molecule has 1 N–H and O–H groups in total. The highest BCUT2D eigenvalue weighted by Gasteiger charge is 2.23. The molecule has 168 valence electrons. The first kappa shape index (κ1) is 23.0. The highest BCUT2D eigenvalue weighted by molar-refractivity contribution is 7.99. The van der Waals surface area contributed by atoms with Gasteiger partial charge in [0.05, 0.1) is 19.3 Å². The second kappa shape index (κ2) is 10.7. The maximum absolute atomic E-state index is 12.6. The fourth-order valence-electron chi connectivity index (χ4n) is 3.06. The highest BCUT2D eigenvalue weighted by Crippen LogP contribution is 2.39. The number of methoxy groups -OCH3 is 1. The molecule has 7 nitrogen and oxygen atoms in total. The topological polar surface area (TPSA) is 94.3 Å². The van der Waals surface area contributed by atoms with E-state index in [0.717, 1.165) is 17.3 Å². The van der Waals surface area contributed by atoms with Crippen LogP contribution in [0.4, 0.5) is 5.00 Å². The molecular formula is C23H18ClN3O4S2. The SMILES string of the molecule is COC(=O)c1c(-c2ccccc2Cl)csc1NC(=O)CSc1nnc(Cc2ccccc2)o1. The number of anilines is 1. The highest BCUT2D eigenvalue weighted by atomic mass is 35.5. The van der Waals surface area contributed by atoms with Crippen LogP contribution in [0.3, 0.4) is 0 Å². The number of halogens is 1. The summed E-state index contributed by atoms with van der Waals surface area (Å²) in [5, 5.41) is 13.7. The molecule has 33 heavy (non-hydrogen) atoms. The summed E-state index contributed by atoms with van der Waals surface area (Å²) in [7, 11) is 1.29. The van der Waals surface area contributed by atoms with Gasteiger partial charge in [-0.05, 0) is 11.6 Å². The van der Waals surface area contributed by atoms with Gasteiger partial charge in [-0.15, -0.1) is 21.5 Å². The molecule has 0 spiro atoms. The van der Waals surface area contributed by atoms with Crippen molar-refractivity contribution in [1.82, 2.24) is 10.2 Å². The van der Waals surface area contributed by atoms with Crippen LogP contribution in [-0.4, -0.2) is 34.9 Å². The Morgan fingerprint density at radius 1 is 1.09 bits per heavy atom. The Hall–Kier alpha value is -3.14. The third-order valence-corrected chi connectivity index (χ3v) is 6.61. The fourth-order valence-corrected chi connectivity index (χ4v) is 4.84. The van der Waals surface area contributed by atoms with E-state index in [4.69, 9.17) is 20.8 Å². The van der Waals surface area contributed by atoms with E-state index >= 15 is 0 Å². The number of thioether (sulfide) groups is 1. The maximum atomic E-state index is 12.6. The minimum absolute atomic E-state index is 0.0346. The lowest BCUT2D eigenvalue weighted by molar-refractivity contribution is -0.113. The molecule has 10 heteroatoms. The average molecular weight is 500 g/mol. The second-order valence-corrected chi connectivity index (χ2v) is 9.00. The maximum Gasteiger partial charge on any atom is 0.341 e. The molecule has 1 amide bonds. The quantitative estimate of drug-likeness (QED) is 0.250. The number of amides is 1. The van der Waals surface area contributed by atoms with Crippen LogP contribution < -0.4 is 5.32 Å². The van der Waals surface area contributed by atoms with Crippen LogP contribution in [-0.2, 0) is 16.0 Å². The van der Waals surface area contributed by atoms with Crippen molar-refractivity contribution < 1.29 is 18.7 Å². The van der Waals surface area contributed by atoms with Crippen molar-refractivity contribution in [3.63, 3.8) is 0 Å². The van der Waals surface area contributed by atoms with Crippen molar-refractivity contribution in [2.45, 2.75) is 11.6 Å². The van der Waals surface area contributed by atoms with Gasteiger partial charge in [0.2, 0.25) is 11.8 Å². The first-order valence-corrected chi connectivity index (χ1v) is 12.0. The van der Waals surface area contributed by atoms with Gasteiger partial charge in [-0.3, -0.25) is 4.79 Å². The molecule has 0 atom stereocenters. The smallest absolute Gasteiger partial charge is 0.341 e. The van der Waals surface area contributed by atoms with Gasteiger partial charge in [-0.25, -0.2) is 4.79 Å². The molecule has 0 saturated heterocycles. The van der Waals surface area contributed by atoms with Crippen LogP contribution in [0.15, 0.2) is 69.6 Å². The molecule has 0 fully saturated rings. The number of thiophene rings is 1. The molecule has 4 aromatic rings. The number of carbonyl (C=O) groups excluding carboxylic acids is 2. The molecule has 0 aliphatic heterocycles. The zero-order valence-corrected chi connectivity index (χ0v) is 19.8. The van der Waals surface area contributed by atoms with Crippen molar-refractivity contribution in [2.75, 3.05) is 18.2 Å². The van der Waals surface area contributed by atoms with Gasteiger partial charge in [-0.1, -0.05) is 71.9 Å². The van der Waals surface area contributed by atoms with Crippen LogP contribution >= 0.6 is 34.7 Å². The summed E-state index contributed by atoms with van der Waals surface area (Å²) in [6.45, 7) is 0. The summed E-state index contributed by atoms with van der Waals surface area (Å²) in [6.07, 6.45) is 0.517. The van der Waals surface area contributed by atoms with Crippen molar-refractivity contribution in [2.24, 2.45) is 0 Å². The van der Waals surface area contributed by atoms with Gasteiger partial charge in [0, 0.05) is 21.5 Å². The summed E-state index contributed by atoms with van der Waals surface area (Å²) in [6, 6.07) is 16.9. The molecule has 0 aliphatic rings. The van der Waals surface area contributed by atoms with E-state index in [-0.39, 0.29) is 17.2 Å². The normalized spacial score (nSPS) is 10.7. The zero-order chi connectivity index (χ0) is 23.2.